The fourth-order valence-electron chi connectivity index (χ4n) is 11.0. The van der Waals surface area contributed by atoms with Crippen molar-refractivity contribution in [1.29, 1.82) is 0 Å². The summed E-state index contributed by atoms with van der Waals surface area (Å²) in [6, 6.07) is 3.13. The third-order valence-electron chi connectivity index (χ3n) is 15.3. The SMILES string of the molecule is COC(=O)[C@@H](OC)[C@@H]1Cc2cc3cc(OC4CC(OC5CC(O)C(O)C(C)O5)C(O)C(C)O4)c(C)c(O)c3c(O)c2C(=O)[C@H]1OC1CC(OC2CC(OC3CC(C)(O)C(O)C(C)O3)C(O)C(C)O2)C(O)C(C)O1. The van der Waals surface area contributed by atoms with Gasteiger partial charge in [-0.05, 0) is 78.0 Å². The number of aliphatic hydroxyl groups excluding tert-OH is 6. The van der Waals surface area contributed by atoms with Crippen molar-refractivity contribution in [3.63, 3.8) is 0 Å². The minimum atomic E-state index is -1.53. The van der Waals surface area contributed by atoms with Gasteiger partial charge in [-0.15, -0.1) is 0 Å². The molecule has 9 N–H and O–H groups in total. The van der Waals surface area contributed by atoms with E-state index in [1.54, 1.807) is 46.8 Å². The van der Waals surface area contributed by atoms with Crippen molar-refractivity contribution in [3.8, 4) is 17.2 Å². The predicted octanol–water partition coefficient (Wildman–Crippen LogP) is 0.613. The molecule has 0 spiro atoms. The number of rotatable bonds is 13. The second kappa shape index (κ2) is 22.3. The molecule has 0 radical (unpaired) electrons. The molecule has 5 aliphatic heterocycles. The number of ether oxygens (including phenoxy) is 12. The average molecular weight is 1040 g/mol. The summed E-state index contributed by atoms with van der Waals surface area (Å²) in [5, 5.41) is 98.9. The minimum Gasteiger partial charge on any atom is -0.507 e. The van der Waals surface area contributed by atoms with Crippen LogP contribution in [0.15, 0.2) is 12.1 Å². The van der Waals surface area contributed by atoms with Gasteiger partial charge in [-0.1, -0.05) is 0 Å². The number of aliphatic hydroxyl groups is 7. The summed E-state index contributed by atoms with van der Waals surface area (Å²) in [7, 11) is 2.43. The number of carbonyl (C=O) groups excluding carboxylic acids is 2. The molecule has 23 atom stereocenters. The summed E-state index contributed by atoms with van der Waals surface area (Å²) in [6.07, 6.45) is -22.2. The van der Waals surface area contributed by atoms with E-state index in [0.29, 0.717) is 0 Å². The molecule has 0 aromatic heterocycles. The number of hydrogen-bond donors (Lipinski definition) is 9. The Morgan fingerprint density at radius 3 is 1.70 bits per heavy atom. The highest BCUT2D eigenvalue weighted by Crippen LogP contribution is 2.47. The lowest BCUT2D eigenvalue weighted by Gasteiger charge is -2.46. The molecule has 73 heavy (non-hydrogen) atoms. The number of methoxy groups -OCH3 is 2. The van der Waals surface area contributed by atoms with Gasteiger partial charge in [-0.2, -0.15) is 0 Å². The molecule has 23 nitrogen and oxygen atoms in total. The zero-order valence-corrected chi connectivity index (χ0v) is 42.3. The van der Waals surface area contributed by atoms with Crippen molar-refractivity contribution >= 4 is 22.5 Å². The number of carbonyl (C=O) groups is 2. The number of benzene rings is 2. The number of Topliss-reactive ketones (excluding diaryl/α,β-unsaturated/α-hetero) is 1. The van der Waals surface area contributed by atoms with Crippen LogP contribution in [0.3, 0.4) is 0 Å². The largest absolute Gasteiger partial charge is 0.507 e. The fourth-order valence-corrected chi connectivity index (χ4v) is 11.0. The first kappa shape index (κ1) is 55.8. The first-order valence-corrected chi connectivity index (χ1v) is 24.9. The van der Waals surface area contributed by atoms with Crippen LogP contribution >= 0.6 is 0 Å². The van der Waals surface area contributed by atoms with Gasteiger partial charge < -0.3 is 103 Å². The van der Waals surface area contributed by atoms with E-state index in [1.165, 1.54) is 21.0 Å². The van der Waals surface area contributed by atoms with E-state index < -0.39 is 164 Å². The van der Waals surface area contributed by atoms with Crippen LogP contribution in [0.4, 0.5) is 0 Å². The normalized spacial score (nSPS) is 42.8. The zero-order chi connectivity index (χ0) is 53.1. The Hall–Kier alpha value is -3.44. The van der Waals surface area contributed by atoms with Gasteiger partial charge in [0, 0.05) is 50.7 Å². The highest BCUT2D eigenvalue weighted by Gasteiger charge is 2.51. The van der Waals surface area contributed by atoms with Crippen molar-refractivity contribution in [1.82, 2.24) is 0 Å². The van der Waals surface area contributed by atoms with E-state index in [9.17, 15) is 55.5 Å². The molecule has 2 aromatic rings. The topological polar surface area (TPSA) is 327 Å². The second-order valence-electron chi connectivity index (χ2n) is 20.6. The monoisotopic (exact) mass is 1040 g/mol. The minimum absolute atomic E-state index is 0.00750. The van der Waals surface area contributed by atoms with Crippen LogP contribution in [0.5, 0.6) is 17.2 Å². The lowest BCUT2D eigenvalue weighted by molar-refractivity contribution is -0.334. The maximum Gasteiger partial charge on any atom is 0.335 e. The molecule has 1 aliphatic carbocycles. The molecule has 23 heteroatoms. The number of phenolic OH excluding ortho intramolecular Hbond substituents is 2. The Morgan fingerprint density at radius 1 is 0.671 bits per heavy atom. The van der Waals surface area contributed by atoms with Crippen LogP contribution in [0.25, 0.3) is 10.8 Å². The lowest BCUT2D eigenvalue weighted by atomic mass is 9.76. The Labute approximate surface area is 422 Å². The van der Waals surface area contributed by atoms with Crippen LogP contribution in [0, 0.1) is 12.8 Å². The van der Waals surface area contributed by atoms with Gasteiger partial charge in [-0.3, -0.25) is 4.79 Å². The van der Waals surface area contributed by atoms with E-state index >= 15 is 0 Å². The Morgan fingerprint density at radius 2 is 1.16 bits per heavy atom. The van der Waals surface area contributed by atoms with E-state index in [-0.39, 0.29) is 71.7 Å². The summed E-state index contributed by atoms with van der Waals surface area (Å²) < 4.78 is 71.6. The Kier molecular flexibility index (Phi) is 17.0. The highest BCUT2D eigenvalue weighted by molar-refractivity contribution is 6.11. The third-order valence-corrected chi connectivity index (χ3v) is 15.3. The van der Waals surface area contributed by atoms with Gasteiger partial charge >= 0.3 is 5.97 Å². The van der Waals surface area contributed by atoms with Gasteiger partial charge in [0.25, 0.3) is 0 Å². The summed E-state index contributed by atoms with van der Waals surface area (Å²) in [5.74, 6) is -3.51. The van der Waals surface area contributed by atoms with Crippen molar-refractivity contribution < 1.29 is 112 Å². The molecular weight excluding hydrogens is 969 g/mol. The average Bonchev–Trinajstić information content (AvgIpc) is 3.32. The van der Waals surface area contributed by atoms with Gasteiger partial charge in [0.05, 0.1) is 78.6 Å². The van der Waals surface area contributed by atoms with Crippen LogP contribution in [0.1, 0.15) is 95.1 Å². The zero-order valence-electron chi connectivity index (χ0n) is 42.3. The number of hydrogen-bond acceptors (Lipinski definition) is 23. The molecule has 5 fully saturated rings. The Balaban J connectivity index is 1.02. The third kappa shape index (κ3) is 11.4. The molecule has 8 rings (SSSR count). The number of phenols is 2. The van der Waals surface area contributed by atoms with Gasteiger partial charge in [0.15, 0.2) is 37.0 Å². The first-order chi connectivity index (χ1) is 34.4. The van der Waals surface area contributed by atoms with E-state index in [0.717, 1.165) is 7.11 Å². The standard InChI is InChI=1S/C50H72O23/c1-18-28(69-33-14-29(41(54)20(3)65-33)70-32-13-27(51)40(53)19(2)64-32)12-25-10-24-11-26(47(62-8)49(60)63-9)46(45(58)38(24)44(57)37(25)39(18)52)73-35-16-30(42(55)22(5)67-35)71-34-15-31(43(56)21(4)66-34)72-36-17-50(7,61)48(59)23(6)68-36/h10,12,19-23,26-27,29-36,40-43,46-48,51-57,59,61H,11,13-17H2,1-9H3/t19?,20?,21?,22?,23?,26-,27?,29?,30?,31?,32?,33?,34?,35?,36?,40?,41?,42?,43?,46+,47+,48?,50?/m1/s1. The van der Waals surface area contributed by atoms with Gasteiger partial charge in [0.1, 0.15) is 53.9 Å². The number of esters is 1. The molecule has 5 heterocycles. The molecule has 2 aromatic carbocycles. The maximum atomic E-state index is 14.9. The molecule has 0 saturated carbocycles. The highest BCUT2D eigenvalue weighted by atomic mass is 16.7. The second-order valence-corrected chi connectivity index (χ2v) is 20.6. The fraction of sp³-hybridized carbons (Fsp3) is 0.760. The van der Waals surface area contributed by atoms with Gasteiger partial charge in [0.2, 0.25) is 6.29 Å². The van der Waals surface area contributed by atoms with Crippen molar-refractivity contribution in [2.24, 2.45) is 5.92 Å². The number of ketones is 1. The van der Waals surface area contributed by atoms with E-state index in [1.807, 2.05) is 0 Å². The maximum absolute atomic E-state index is 14.9. The summed E-state index contributed by atoms with van der Waals surface area (Å²) in [4.78, 5) is 28.2. The van der Waals surface area contributed by atoms with Crippen LogP contribution in [0.2, 0.25) is 0 Å². The predicted molar refractivity (Wildman–Crippen MR) is 248 cm³/mol. The van der Waals surface area contributed by atoms with Crippen molar-refractivity contribution in [2.45, 2.75) is 222 Å². The molecule has 0 amide bonds. The molecule has 5 saturated heterocycles. The molecule has 20 unspecified atom stereocenters. The number of fused-ring (bicyclic) bond motifs is 2. The van der Waals surface area contributed by atoms with Crippen molar-refractivity contribution in [3.05, 3.63) is 28.8 Å². The molecule has 410 valence electrons. The quantitative estimate of drug-likeness (QED) is 0.124. The first-order valence-electron chi connectivity index (χ1n) is 24.9. The molecule has 0 bridgehead atoms. The van der Waals surface area contributed by atoms with E-state index in [2.05, 4.69) is 0 Å². The smallest absolute Gasteiger partial charge is 0.335 e. The molecular formula is C50H72O23. The number of aromatic hydroxyl groups is 2. The lowest BCUT2D eigenvalue weighted by Crippen LogP contribution is -2.58. The summed E-state index contributed by atoms with van der Waals surface area (Å²) in [6.45, 7) is 11.0. The summed E-state index contributed by atoms with van der Waals surface area (Å²) in [5.41, 5.74) is -1.26. The summed E-state index contributed by atoms with van der Waals surface area (Å²) >= 11 is 0. The van der Waals surface area contributed by atoms with Crippen molar-refractivity contribution in [2.75, 3.05) is 14.2 Å². The van der Waals surface area contributed by atoms with E-state index in [4.69, 9.17) is 56.8 Å². The Bertz CT molecular complexity index is 2270. The molecule has 6 aliphatic rings. The van der Waals surface area contributed by atoms with Crippen LogP contribution in [-0.2, 0) is 63.3 Å². The van der Waals surface area contributed by atoms with Crippen LogP contribution < -0.4 is 4.74 Å². The van der Waals surface area contributed by atoms with Gasteiger partial charge in [-0.25, -0.2) is 4.79 Å². The van der Waals surface area contributed by atoms with Crippen LogP contribution in [-0.4, -0.2) is 207 Å².